The van der Waals surface area contributed by atoms with Crippen molar-refractivity contribution in [1.82, 2.24) is 4.98 Å². The van der Waals surface area contributed by atoms with Gasteiger partial charge in [0.15, 0.2) is 5.49 Å². The van der Waals surface area contributed by atoms with Gasteiger partial charge >= 0.3 is 0 Å². The van der Waals surface area contributed by atoms with Crippen LogP contribution in [-0.4, -0.2) is 11.7 Å². The van der Waals surface area contributed by atoms with E-state index in [1.165, 1.54) is 6.07 Å². The molecule has 90 valence electrons. The summed E-state index contributed by atoms with van der Waals surface area (Å²) in [6.45, 7) is 0.378. The molecule has 0 amide bonds. The van der Waals surface area contributed by atoms with Gasteiger partial charge in [-0.3, -0.25) is 0 Å². The van der Waals surface area contributed by atoms with Crippen molar-refractivity contribution < 1.29 is 4.39 Å². The Morgan fingerprint density at radius 2 is 2.11 bits per heavy atom. The van der Waals surface area contributed by atoms with E-state index < -0.39 is 0 Å². The van der Waals surface area contributed by atoms with Crippen LogP contribution in [0, 0.1) is 5.82 Å². The molecule has 0 spiro atoms. The molecule has 1 aliphatic heterocycles. The van der Waals surface area contributed by atoms with E-state index in [2.05, 4.69) is 25.9 Å². The Kier molecular flexibility index (Phi) is 2.83. The van der Waals surface area contributed by atoms with Gasteiger partial charge < -0.3 is 4.90 Å². The van der Waals surface area contributed by atoms with E-state index >= 15 is 0 Å². The number of hydrogen-bond acceptors (Lipinski definition) is 3. The van der Waals surface area contributed by atoms with Crippen LogP contribution < -0.4 is 15.6 Å². The van der Waals surface area contributed by atoms with Crippen molar-refractivity contribution in [3.05, 3.63) is 57.5 Å². The van der Waals surface area contributed by atoms with Crippen LogP contribution in [0.25, 0.3) is 6.20 Å². The van der Waals surface area contributed by atoms with Crippen molar-refractivity contribution in [2.75, 3.05) is 11.6 Å². The van der Waals surface area contributed by atoms with Gasteiger partial charge in [-0.1, -0.05) is 12.1 Å². The van der Waals surface area contributed by atoms with Crippen molar-refractivity contribution in [1.29, 1.82) is 0 Å². The average molecular weight is 306 g/mol. The van der Waals surface area contributed by atoms with Gasteiger partial charge in [0.1, 0.15) is 12.5 Å². The fraction of sp³-hybridized carbons (Fsp3) is 0.0769. The second-order valence-electron chi connectivity index (χ2n) is 3.92. The number of aromatic nitrogens is 1. The predicted octanol–water partition coefficient (Wildman–Crippen LogP) is 1.82. The molecule has 2 aromatic rings. The zero-order chi connectivity index (χ0) is 12.5. The number of para-hydroxylation sites is 1. The van der Waals surface area contributed by atoms with Crippen LogP contribution in [0.1, 0.15) is 0 Å². The van der Waals surface area contributed by atoms with E-state index in [0.717, 1.165) is 9.69 Å². The molecule has 0 saturated heterocycles. The fourth-order valence-electron chi connectivity index (χ4n) is 1.86. The summed E-state index contributed by atoms with van der Waals surface area (Å²) in [5.74, 6) is -0.254. The molecule has 1 aliphatic rings. The molecule has 0 aliphatic carbocycles. The van der Waals surface area contributed by atoms with Crippen molar-refractivity contribution in [3.8, 4) is 0 Å². The highest BCUT2D eigenvalue weighted by molar-refractivity contribution is 9.10. The number of benzene rings is 1. The van der Waals surface area contributed by atoms with Gasteiger partial charge in [0.05, 0.1) is 5.69 Å². The van der Waals surface area contributed by atoms with Gasteiger partial charge in [0.2, 0.25) is 0 Å². The number of anilines is 1. The normalized spacial score (nSPS) is 13.6. The van der Waals surface area contributed by atoms with E-state index in [1.807, 2.05) is 12.3 Å². The molecule has 3 rings (SSSR count). The van der Waals surface area contributed by atoms with Gasteiger partial charge in [-0.15, -0.1) is 0 Å². The third-order valence-electron chi connectivity index (χ3n) is 2.69. The summed E-state index contributed by atoms with van der Waals surface area (Å²) in [7, 11) is 0. The minimum atomic E-state index is -0.254. The van der Waals surface area contributed by atoms with Crippen molar-refractivity contribution in [2.45, 2.75) is 0 Å². The van der Waals surface area contributed by atoms with Crippen molar-refractivity contribution in [3.63, 3.8) is 0 Å². The number of pyridine rings is 1. The molecule has 18 heavy (non-hydrogen) atoms. The highest BCUT2D eigenvalue weighted by Crippen LogP contribution is 2.19. The predicted molar refractivity (Wildman–Crippen MR) is 70.9 cm³/mol. The van der Waals surface area contributed by atoms with E-state index in [4.69, 9.17) is 0 Å². The highest BCUT2D eigenvalue weighted by Gasteiger charge is 2.10. The second kappa shape index (κ2) is 4.49. The zero-order valence-corrected chi connectivity index (χ0v) is 10.9. The first kappa shape index (κ1) is 11.3. The third kappa shape index (κ3) is 2.01. The van der Waals surface area contributed by atoms with Gasteiger partial charge in [-0.2, -0.15) is 0 Å². The first-order valence-electron chi connectivity index (χ1n) is 5.43. The van der Waals surface area contributed by atoms with Gasteiger partial charge in [0, 0.05) is 22.1 Å². The summed E-state index contributed by atoms with van der Waals surface area (Å²) in [5, 5.41) is 0.874. The topological polar surface area (TPSA) is 28.5 Å². The number of hydrogen-bond donors (Lipinski definition) is 0. The van der Waals surface area contributed by atoms with Crippen LogP contribution in [0.3, 0.4) is 0 Å². The molecule has 1 aromatic carbocycles. The lowest BCUT2D eigenvalue weighted by Gasteiger charge is -2.20. The Morgan fingerprint density at radius 1 is 1.28 bits per heavy atom. The van der Waals surface area contributed by atoms with Crippen LogP contribution in [0.15, 0.2) is 46.0 Å². The molecule has 2 heterocycles. The molecule has 1 aromatic heterocycles. The Morgan fingerprint density at radius 3 is 2.94 bits per heavy atom. The lowest BCUT2D eigenvalue weighted by Crippen LogP contribution is -2.38. The molecule has 0 atom stereocenters. The van der Waals surface area contributed by atoms with E-state index in [1.54, 1.807) is 29.3 Å². The van der Waals surface area contributed by atoms with Crippen LogP contribution in [-0.2, 0) is 0 Å². The Bertz CT molecular complexity index is 714. The molecule has 0 saturated carbocycles. The van der Waals surface area contributed by atoms with Gasteiger partial charge in [-0.05, 0) is 34.1 Å². The number of fused-ring (bicyclic) bond motifs is 1. The van der Waals surface area contributed by atoms with Crippen LogP contribution in [0.5, 0.6) is 0 Å². The zero-order valence-electron chi connectivity index (χ0n) is 9.35. The van der Waals surface area contributed by atoms with E-state index in [9.17, 15) is 4.39 Å². The van der Waals surface area contributed by atoms with Crippen LogP contribution >= 0.6 is 15.9 Å². The summed E-state index contributed by atoms with van der Waals surface area (Å²) in [5.41, 5.74) is 1.21. The Hall–Kier alpha value is -1.75. The summed E-state index contributed by atoms with van der Waals surface area (Å²) < 4.78 is 14.6. The average Bonchev–Trinajstić information content (AvgIpc) is 2.38. The minimum Gasteiger partial charge on any atom is -0.325 e. The number of halogens is 2. The Balaban J connectivity index is 2.11. The monoisotopic (exact) mass is 305 g/mol. The van der Waals surface area contributed by atoms with Gasteiger partial charge in [-0.25, -0.2) is 14.4 Å². The van der Waals surface area contributed by atoms with Crippen molar-refractivity contribution in [2.24, 2.45) is 4.99 Å². The number of rotatable bonds is 1. The summed E-state index contributed by atoms with van der Waals surface area (Å²) in [4.78, 5) is 10.3. The molecule has 0 bridgehead atoms. The first-order valence-corrected chi connectivity index (χ1v) is 6.22. The third-order valence-corrected chi connectivity index (χ3v) is 3.13. The second-order valence-corrected chi connectivity index (χ2v) is 4.83. The molecule has 5 heteroatoms. The largest absolute Gasteiger partial charge is 0.325 e. The summed E-state index contributed by atoms with van der Waals surface area (Å²) in [6, 6.07) is 8.57. The molecule has 0 fully saturated rings. The summed E-state index contributed by atoms with van der Waals surface area (Å²) in [6.07, 6.45) is 3.56. The van der Waals surface area contributed by atoms with E-state index in [-0.39, 0.29) is 5.82 Å². The highest BCUT2D eigenvalue weighted by atomic mass is 79.9. The molecular weight excluding hydrogens is 297 g/mol. The maximum Gasteiger partial charge on any atom is 0.157 e. The van der Waals surface area contributed by atoms with Crippen molar-refractivity contribution >= 4 is 27.8 Å². The minimum absolute atomic E-state index is 0.254. The maximum absolute atomic E-state index is 13.7. The lowest BCUT2D eigenvalue weighted by atomic mass is 10.2. The smallest absolute Gasteiger partial charge is 0.157 e. The van der Waals surface area contributed by atoms with Crippen LogP contribution in [0.4, 0.5) is 10.1 Å². The quantitative estimate of drug-likeness (QED) is 0.804. The van der Waals surface area contributed by atoms with E-state index in [0.29, 0.717) is 17.8 Å². The molecule has 3 nitrogen and oxygen atoms in total. The van der Waals surface area contributed by atoms with Crippen LogP contribution in [0.2, 0.25) is 0 Å². The standard InChI is InChI=1S/C13H9BrFN3/c14-10-5-9-7-18(8-17-13(9)16-6-10)12-4-2-1-3-11(12)15/h1-7H,8H2. The maximum atomic E-state index is 13.7. The summed E-state index contributed by atoms with van der Waals surface area (Å²) >= 11 is 3.36. The van der Waals surface area contributed by atoms with Gasteiger partial charge in [0.25, 0.3) is 0 Å². The first-order chi connectivity index (χ1) is 8.74. The molecule has 0 N–H and O–H groups in total. The SMILES string of the molecule is Fc1ccccc1N1C=c2cc(Br)cnc2=NC1. The molecule has 0 unspecified atom stereocenters. The molecular formula is C13H9BrFN3. The number of nitrogens with zero attached hydrogens (tertiary/aromatic N) is 3. The molecule has 0 radical (unpaired) electrons. The Labute approximate surface area is 111 Å². The fourth-order valence-corrected chi connectivity index (χ4v) is 2.21. The lowest BCUT2D eigenvalue weighted by molar-refractivity contribution is 0.625.